The highest BCUT2D eigenvalue weighted by molar-refractivity contribution is 6.23. The van der Waals surface area contributed by atoms with Gasteiger partial charge in [0.2, 0.25) is 11.8 Å². The fourth-order valence-corrected chi connectivity index (χ4v) is 5.88. The van der Waals surface area contributed by atoms with Crippen molar-refractivity contribution in [1.82, 2.24) is 4.98 Å². The number of ketones is 1. The number of para-hydroxylation sites is 1. The van der Waals surface area contributed by atoms with E-state index in [4.69, 9.17) is 9.72 Å². The Morgan fingerprint density at radius 1 is 0.947 bits per heavy atom. The highest BCUT2D eigenvalue weighted by atomic mass is 16.5. The first kappa shape index (κ1) is 24.2. The van der Waals surface area contributed by atoms with Crippen LogP contribution in [0.25, 0.3) is 22.2 Å². The van der Waals surface area contributed by atoms with E-state index in [0.29, 0.717) is 33.4 Å². The summed E-state index contributed by atoms with van der Waals surface area (Å²) < 4.78 is 5.40. The third-order valence-electron chi connectivity index (χ3n) is 7.98. The van der Waals surface area contributed by atoms with Crippen molar-refractivity contribution in [3.8, 4) is 11.3 Å². The lowest BCUT2D eigenvalue weighted by Gasteiger charge is -2.18. The number of hydrogen-bond donors (Lipinski definition) is 0. The van der Waals surface area contributed by atoms with Crippen LogP contribution in [0.15, 0.2) is 66.7 Å². The average Bonchev–Trinajstić information content (AvgIpc) is 3.59. The molecule has 0 spiro atoms. The molecule has 3 aliphatic rings. The summed E-state index contributed by atoms with van der Waals surface area (Å²) in [5.41, 5.74) is 1.93. The number of nitrogens with zero attached hydrogens (tertiary/aromatic N) is 2. The molecule has 7 nitrogen and oxygen atoms in total. The minimum Gasteiger partial charge on any atom is -0.454 e. The molecule has 38 heavy (non-hydrogen) atoms. The van der Waals surface area contributed by atoms with Crippen molar-refractivity contribution in [3.05, 3.63) is 72.3 Å². The maximum Gasteiger partial charge on any atom is 0.339 e. The summed E-state index contributed by atoms with van der Waals surface area (Å²) in [5, 5.41) is 0.612. The summed E-state index contributed by atoms with van der Waals surface area (Å²) in [6.45, 7) is 5.02. The zero-order valence-electron chi connectivity index (χ0n) is 21.5. The predicted molar refractivity (Wildman–Crippen MR) is 142 cm³/mol. The number of Topliss-reactive ketones (excluding diaryl/α,β-unsaturated/α-hetero) is 1. The Bertz CT molecular complexity index is 1520. The van der Waals surface area contributed by atoms with Crippen LogP contribution >= 0.6 is 0 Å². The number of aromatic nitrogens is 1. The number of amides is 2. The normalized spacial score (nSPS) is 23.8. The van der Waals surface area contributed by atoms with Gasteiger partial charge in [0, 0.05) is 16.4 Å². The van der Waals surface area contributed by atoms with Gasteiger partial charge in [0.25, 0.3) is 0 Å². The number of carbonyl (C=O) groups excluding carboxylic acids is 4. The molecular weight excluding hydrogens is 480 g/mol. The molecule has 3 aromatic rings. The molecule has 0 N–H and O–H groups in total. The van der Waals surface area contributed by atoms with Gasteiger partial charge >= 0.3 is 5.97 Å². The molecule has 1 saturated carbocycles. The molecule has 0 radical (unpaired) electrons. The second-order valence-electron chi connectivity index (χ2n) is 11.4. The summed E-state index contributed by atoms with van der Waals surface area (Å²) >= 11 is 0. The molecule has 2 aliphatic carbocycles. The highest BCUT2D eigenvalue weighted by Crippen LogP contribution is 2.53. The van der Waals surface area contributed by atoms with E-state index >= 15 is 0 Å². The highest BCUT2D eigenvalue weighted by Gasteiger charge is 2.59. The van der Waals surface area contributed by atoms with Crippen molar-refractivity contribution in [2.45, 2.75) is 27.2 Å². The number of benzene rings is 2. The number of fused-ring (bicyclic) bond motifs is 6. The summed E-state index contributed by atoms with van der Waals surface area (Å²) in [6, 6.07) is 16.0. The minimum absolute atomic E-state index is 0.135. The predicted octanol–water partition coefficient (Wildman–Crippen LogP) is 4.99. The molecule has 7 heteroatoms. The molecule has 1 aliphatic heterocycles. The van der Waals surface area contributed by atoms with Crippen molar-refractivity contribution >= 4 is 40.2 Å². The SMILES string of the molecule is CC(C)(C)C(=O)COC(=O)c1cc(-c2cccc(N3C(=O)[C@@H]4[C@@H](C3=O)[C@H]3C=C[C@@H]4C3)c2)nc2ccccc12. The lowest BCUT2D eigenvalue weighted by atomic mass is 9.85. The first-order valence-corrected chi connectivity index (χ1v) is 12.9. The first-order valence-electron chi connectivity index (χ1n) is 12.9. The van der Waals surface area contributed by atoms with Gasteiger partial charge in [-0.05, 0) is 42.5 Å². The van der Waals surface area contributed by atoms with E-state index in [1.807, 2.05) is 18.2 Å². The maximum atomic E-state index is 13.3. The summed E-state index contributed by atoms with van der Waals surface area (Å²) in [6.07, 6.45) is 5.03. The standard InChI is InChI=1S/C31H28N2O5/c1-31(2,3)25(34)16-38-30(37)22-15-24(32-23-10-5-4-9-21(22)23)17-7-6-8-20(14-17)33-28(35)26-18-11-12-19(13-18)27(26)29(33)36/h4-12,14-15,18-19,26-27H,13,16H2,1-3H3/t18-,19+,26-,27-/m0/s1. The quantitative estimate of drug-likeness (QED) is 0.274. The largest absolute Gasteiger partial charge is 0.454 e. The van der Waals surface area contributed by atoms with Gasteiger partial charge < -0.3 is 4.74 Å². The van der Waals surface area contributed by atoms with Crippen LogP contribution in [0, 0.1) is 29.1 Å². The van der Waals surface area contributed by atoms with Gasteiger partial charge in [0.1, 0.15) is 0 Å². The third-order valence-corrected chi connectivity index (χ3v) is 7.98. The number of rotatable bonds is 5. The molecule has 0 unspecified atom stereocenters. The zero-order valence-corrected chi connectivity index (χ0v) is 21.5. The molecule has 2 fully saturated rings. The van der Waals surface area contributed by atoms with Gasteiger partial charge in [-0.25, -0.2) is 14.7 Å². The average molecular weight is 509 g/mol. The van der Waals surface area contributed by atoms with E-state index in [9.17, 15) is 19.2 Å². The summed E-state index contributed by atoms with van der Waals surface area (Å²) in [5.74, 6) is -1.37. The Labute approximate surface area is 220 Å². The van der Waals surface area contributed by atoms with Crippen LogP contribution < -0.4 is 4.90 Å². The topological polar surface area (TPSA) is 93.6 Å². The molecule has 1 saturated heterocycles. The molecule has 2 bridgehead atoms. The van der Waals surface area contributed by atoms with Gasteiger partial charge in [-0.1, -0.05) is 63.3 Å². The number of esters is 1. The molecule has 1 aromatic heterocycles. The van der Waals surface area contributed by atoms with Crippen LogP contribution in [0.4, 0.5) is 5.69 Å². The number of pyridine rings is 1. The number of hydrogen-bond acceptors (Lipinski definition) is 6. The van der Waals surface area contributed by atoms with Crippen LogP contribution in [0.2, 0.25) is 0 Å². The number of allylic oxidation sites excluding steroid dienone is 2. The number of ether oxygens (including phenoxy) is 1. The van der Waals surface area contributed by atoms with Crippen LogP contribution in [-0.4, -0.2) is 35.2 Å². The summed E-state index contributed by atoms with van der Waals surface area (Å²) in [4.78, 5) is 58.1. The van der Waals surface area contributed by atoms with Crippen LogP contribution in [0.3, 0.4) is 0 Å². The first-order chi connectivity index (χ1) is 18.1. The lowest BCUT2D eigenvalue weighted by molar-refractivity contribution is -0.129. The van der Waals surface area contributed by atoms with Gasteiger partial charge in [0.15, 0.2) is 12.4 Å². The second-order valence-corrected chi connectivity index (χ2v) is 11.4. The van der Waals surface area contributed by atoms with E-state index in [0.717, 1.165) is 6.42 Å². The molecule has 192 valence electrons. The molecule has 2 amide bonds. The Hall–Kier alpha value is -4.13. The molecule has 2 heterocycles. The fourth-order valence-electron chi connectivity index (χ4n) is 5.88. The Morgan fingerprint density at radius 3 is 2.32 bits per heavy atom. The fraction of sp³-hybridized carbons (Fsp3) is 0.323. The molecule has 2 aromatic carbocycles. The lowest BCUT2D eigenvalue weighted by Crippen LogP contribution is -2.32. The van der Waals surface area contributed by atoms with Crippen molar-refractivity contribution in [3.63, 3.8) is 0 Å². The Kier molecular flexibility index (Phi) is 5.56. The molecule has 6 rings (SSSR count). The van der Waals surface area contributed by atoms with Gasteiger partial charge in [0.05, 0.1) is 34.3 Å². The number of imide groups is 1. The Morgan fingerprint density at radius 2 is 1.63 bits per heavy atom. The van der Waals surface area contributed by atoms with Crippen molar-refractivity contribution in [1.29, 1.82) is 0 Å². The minimum atomic E-state index is -0.620. The number of carbonyl (C=O) groups is 4. The van der Waals surface area contributed by atoms with E-state index in [2.05, 4.69) is 12.2 Å². The van der Waals surface area contributed by atoms with Crippen LogP contribution in [-0.2, 0) is 19.1 Å². The van der Waals surface area contributed by atoms with Crippen molar-refractivity contribution in [2.75, 3.05) is 11.5 Å². The molecular formula is C31H28N2O5. The second kappa shape index (κ2) is 8.72. The van der Waals surface area contributed by atoms with Crippen LogP contribution in [0.1, 0.15) is 37.6 Å². The van der Waals surface area contributed by atoms with E-state index < -0.39 is 11.4 Å². The third kappa shape index (κ3) is 3.85. The monoisotopic (exact) mass is 508 g/mol. The smallest absolute Gasteiger partial charge is 0.339 e. The van der Waals surface area contributed by atoms with Gasteiger partial charge in [-0.2, -0.15) is 0 Å². The van der Waals surface area contributed by atoms with Gasteiger partial charge in [-0.3, -0.25) is 14.4 Å². The van der Waals surface area contributed by atoms with E-state index in [-0.39, 0.29) is 47.9 Å². The maximum absolute atomic E-state index is 13.3. The Balaban J connectivity index is 1.34. The van der Waals surface area contributed by atoms with Crippen molar-refractivity contribution in [2.24, 2.45) is 29.1 Å². The number of anilines is 1. The van der Waals surface area contributed by atoms with E-state index in [1.165, 1.54) is 4.90 Å². The summed E-state index contributed by atoms with van der Waals surface area (Å²) in [7, 11) is 0. The zero-order chi connectivity index (χ0) is 26.8. The molecule has 4 atom stereocenters. The van der Waals surface area contributed by atoms with Crippen LogP contribution in [0.5, 0.6) is 0 Å². The van der Waals surface area contributed by atoms with E-state index in [1.54, 1.807) is 57.2 Å². The van der Waals surface area contributed by atoms with Gasteiger partial charge in [-0.15, -0.1) is 0 Å². The van der Waals surface area contributed by atoms with Crippen molar-refractivity contribution < 1.29 is 23.9 Å².